The van der Waals surface area contributed by atoms with Crippen LogP contribution in [0.1, 0.15) is 24.8 Å². The van der Waals surface area contributed by atoms with Crippen LogP contribution in [0.4, 0.5) is 5.69 Å². The first-order valence-corrected chi connectivity index (χ1v) is 6.51. The highest BCUT2D eigenvalue weighted by molar-refractivity contribution is 14.1. The molecule has 0 saturated heterocycles. The molecule has 1 fully saturated rings. The first-order valence-electron chi connectivity index (χ1n) is 5.43. The van der Waals surface area contributed by atoms with Crippen molar-refractivity contribution >= 4 is 28.3 Å². The van der Waals surface area contributed by atoms with E-state index in [2.05, 4.69) is 53.0 Å². The third-order valence-corrected chi connectivity index (χ3v) is 3.69. The maximum Gasteiger partial charge on any atom is 0.0372 e. The van der Waals surface area contributed by atoms with E-state index in [0.29, 0.717) is 12.1 Å². The lowest BCUT2D eigenvalue weighted by Gasteiger charge is -2.16. The van der Waals surface area contributed by atoms with Crippen molar-refractivity contribution in [2.45, 2.75) is 38.3 Å². The first kappa shape index (κ1) is 11.2. The van der Waals surface area contributed by atoms with Crippen LogP contribution in [-0.4, -0.2) is 12.1 Å². The normalized spacial score (nSPS) is 25.5. The summed E-state index contributed by atoms with van der Waals surface area (Å²) in [6.07, 6.45) is 3.46. The monoisotopic (exact) mass is 316 g/mol. The van der Waals surface area contributed by atoms with E-state index in [4.69, 9.17) is 5.73 Å². The third kappa shape index (κ3) is 2.84. The molecule has 1 aromatic rings. The number of aryl methyl sites for hydroxylation is 1. The van der Waals surface area contributed by atoms with Crippen LogP contribution in [-0.2, 0) is 0 Å². The van der Waals surface area contributed by atoms with Gasteiger partial charge >= 0.3 is 0 Å². The van der Waals surface area contributed by atoms with Gasteiger partial charge in [-0.05, 0) is 72.5 Å². The third-order valence-electron chi connectivity index (χ3n) is 3.02. The molecule has 0 amide bonds. The number of hydrogen-bond donors (Lipinski definition) is 2. The lowest BCUT2D eigenvalue weighted by molar-refractivity contribution is 0.687. The second-order valence-electron chi connectivity index (χ2n) is 4.37. The zero-order valence-electron chi connectivity index (χ0n) is 8.96. The number of halogens is 1. The molecule has 0 aromatic heterocycles. The van der Waals surface area contributed by atoms with Crippen LogP contribution >= 0.6 is 22.6 Å². The predicted octanol–water partition coefficient (Wildman–Crippen LogP) is 2.89. The van der Waals surface area contributed by atoms with E-state index in [0.717, 1.165) is 12.8 Å². The van der Waals surface area contributed by atoms with Gasteiger partial charge in [-0.3, -0.25) is 0 Å². The molecule has 1 saturated carbocycles. The van der Waals surface area contributed by atoms with Crippen molar-refractivity contribution in [1.29, 1.82) is 0 Å². The number of anilines is 1. The van der Waals surface area contributed by atoms with Gasteiger partial charge in [0.15, 0.2) is 0 Å². The standard InChI is InChI=1S/C12H17IN2/c1-8-6-9(13)2-5-12(8)15-11-4-3-10(14)7-11/h2,5-6,10-11,15H,3-4,7,14H2,1H3. The Labute approximate surface area is 105 Å². The molecule has 1 aliphatic rings. The van der Waals surface area contributed by atoms with Gasteiger partial charge in [0.25, 0.3) is 0 Å². The number of rotatable bonds is 2. The van der Waals surface area contributed by atoms with Gasteiger partial charge in [0, 0.05) is 21.3 Å². The maximum atomic E-state index is 5.90. The van der Waals surface area contributed by atoms with Crippen LogP contribution in [0.5, 0.6) is 0 Å². The minimum Gasteiger partial charge on any atom is -0.382 e. The fraction of sp³-hybridized carbons (Fsp3) is 0.500. The minimum atomic E-state index is 0.395. The van der Waals surface area contributed by atoms with Gasteiger partial charge < -0.3 is 11.1 Å². The second-order valence-corrected chi connectivity index (χ2v) is 5.62. The van der Waals surface area contributed by atoms with E-state index in [9.17, 15) is 0 Å². The van der Waals surface area contributed by atoms with Gasteiger partial charge in [-0.1, -0.05) is 0 Å². The van der Waals surface area contributed by atoms with Crippen molar-refractivity contribution in [2.75, 3.05) is 5.32 Å². The average Bonchev–Trinajstić information content (AvgIpc) is 2.56. The van der Waals surface area contributed by atoms with Crippen molar-refractivity contribution < 1.29 is 0 Å². The van der Waals surface area contributed by atoms with E-state index >= 15 is 0 Å². The molecule has 3 N–H and O–H groups in total. The zero-order chi connectivity index (χ0) is 10.8. The summed E-state index contributed by atoms with van der Waals surface area (Å²) in [5.74, 6) is 0. The molecule has 1 aromatic carbocycles. The highest BCUT2D eigenvalue weighted by Gasteiger charge is 2.21. The summed E-state index contributed by atoms with van der Waals surface area (Å²) in [7, 11) is 0. The highest BCUT2D eigenvalue weighted by atomic mass is 127. The Hall–Kier alpha value is -0.290. The molecule has 0 aliphatic heterocycles. The molecule has 2 atom stereocenters. The minimum absolute atomic E-state index is 0.395. The predicted molar refractivity (Wildman–Crippen MR) is 73.1 cm³/mol. The molecular weight excluding hydrogens is 299 g/mol. The smallest absolute Gasteiger partial charge is 0.0372 e. The average molecular weight is 316 g/mol. The van der Waals surface area contributed by atoms with Crippen LogP contribution in [0.2, 0.25) is 0 Å². The highest BCUT2D eigenvalue weighted by Crippen LogP contribution is 2.24. The molecule has 0 spiro atoms. The van der Waals surface area contributed by atoms with Crippen molar-refractivity contribution in [3.63, 3.8) is 0 Å². The summed E-state index contributed by atoms with van der Waals surface area (Å²) in [6, 6.07) is 7.48. The quantitative estimate of drug-likeness (QED) is 0.824. The van der Waals surface area contributed by atoms with Crippen LogP contribution in [0.15, 0.2) is 18.2 Å². The SMILES string of the molecule is Cc1cc(I)ccc1NC1CCC(N)C1. The molecule has 82 valence electrons. The molecule has 3 heteroatoms. The first-order chi connectivity index (χ1) is 7.15. The Bertz CT molecular complexity index is 351. The molecule has 2 unspecified atom stereocenters. The molecule has 1 aliphatic carbocycles. The van der Waals surface area contributed by atoms with E-state index in [-0.39, 0.29) is 0 Å². The van der Waals surface area contributed by atoms with Crippen LogP contribution in [0.25, 0.3) is 0 Å². The Kier molecular flexibility index (Phi) is 3.51. The van der Waals surface area contributed by atoms with Crippen molar-refractivity contribution in [3.8, 4) is 0 Å². The van der Waals surface area contributed by atoms with Gasteiger partial charge in [-0.15, -0.1) is 0 Å². The second kappa shape index (κ2) is 4.70. The summed E-state index contributed by atoms with van der Waals surface area (Å²) < 4.78 is 1.29. The fourth-order valence-corrected chi connectivity index (χ4v) is 2.80. The number of benzene rings is 1. The van der Waals surface area contributed by atoms with Crippen LogP contribution in [0.3, 0.4) is 0 Å². The van der Waals surface area contributed by atoms with Crippen molar-refractivity contribution in [1.82, 2.24) is 0 Å². The lowest BCUT2D eigenvalue weighted by atomic mass is 10.1. The van der Waals surface area contributed by atoms with E-state index < -0.39 is 0 Å². The summed E-state index contributed by atoms with van der Waals surface area (Å²) in [5.41, 5.74) is 8.48. The van der Waals surface area contributed by atoms with Crippen molar-refractivity contribution in [3.05, 3.63) is 27.3 Å². The fourth-order valence-electron chi connectivity index (χ4n) is 2.16. The summed E-state index contributed by atoms with van der Waals surface area (Å²) in [5, 5.41) is 3.58. The molecule has 2 nitrogen and oxygen atoms in total. The van der Waals surface area contributed by atoms with Gasteiger partial charge in [0.2, 0.25) is 0 Å². The topological polar surface area (TPSA) is 38.0 Å². The Balaban J connectivity index is 2.04. The van der Waals surface area contributed by atoms with E-state index in [1.54, 1.807) is 0 Å². The van der Waals surface area contributed by atoms with Gasteiger partial charge in [-0.25, -0.2) is 0 Å². The van der Waals surface area contributed by atoms with Gasteiger partial charge in [0.05, 0.1) is 0 Å². The number of nitrogens with two attached hydrogens (primary N) is 1. The molecule has 15 heavy (non-hydrogen) atoms. The zero-order valence-corrected chi connectivity index (χ0v) is 11.1. The molecule has 0 heterocycles. The summed E-state index contributed by atoms with van der Waals surface area (Å²) in [6.45, 7) is 2.15. The number of hydrogen-bond acceptors (Lipinski definition) is 2. The van der Waals surface area contributed by atoms with Crippen LogP contribution < -0.4 is 11.1 Å². The summed E-state index contributed by atoms with van der Waals surface area (Å²) >= 11 is 2.34. The van der Waals surface area contributed by atoms with Gasteiger partial charge in [-0.2, -0.15) is 0 Å². The maximum absolute atomic E-state index is 5.90. The van der Waals surface area contributed by atoms with Gasteiger partial charge in [0.1, 0.15) is 0 Å². The van der Waals surface area contributed by atoms with E-state index in [1.165, 1.54) is 21.2 Å². The lowest BCUT2D eigenvalue weighted by Crippen LogP contribution is -2.21. The number of nitrogens with one attached hydrogen (secondary N) is 1. The molecule has 2 rings (SSSR count). The van der Waals surface area contributed by atoms with Crippen molar-refractivity contribution in [2.24, 2.45) is 5.73 Å². The van der Waals surface area contributed by atoms with Crippen LogP contribution in [0, 0.1) is 10.5 Å². The van der Waals surface area contributed by atoms with E-state index in [1.807, 2.05) is 0 Å². The molecule has 0 radical (unpaired) electrons. The molecular formula is C12H17IN2. The Morgan fingerprint density at radius 2 is 2.20 bits per heavy atom. The summed E-state index contributed by atoms with van der Waals surface area (Å²) in [4.78, 5) is 0. The largest absolute Gasteiger partial charge is 0.382 e. The Morgan fingerprint density at radius 1 is 1.40 bits per heavy atom. The Morgan fingerprint density at radius 3 is 2.80 bits per heavy atom. The molecule has 0 bridgehead atoms.